The number of carbonyl (C=O) groups excluding carboxylic acids is 2. The van der Waals surface area contributed by atoms with Crippen LogP contribution in [0.3, 0.4) is 0 Å². The zero-order chi connectivity index (χ0) is 23.6. The van der Waals surface area contributed by atoms with Crippen molar-refractivity contribution in [3.05, 3.63) is 83.7 Å². The molecule has 4 rings (SSSR count). The summed E-state index contributed by atoms with van der Waals surface area (Å²) in [5.41, 5.74) is 3.50. The molecule has 1 amide bonds. The van der Waals surface area contributed by atoms with Crippen LogP contribution in [0.25, 0.3) is 5.69 Å². The predicted molar refractivity (Wildman–Crippen MR) is 127 cm³/mol. The third-order valence-electron chi connectivity index (χ3n) is 5.87. The minimum atomic E-state index is -3.19. The van der Waals surface area contributed by atoms with Crippen LogP contribution in [0.1, 0.15) is 28.2 Å². The number of ether oxygens (including phenoxy) is 1. The lowest BCUT2D eigenvalue weighted by molar-refractivity contribution is -0.122. The summed E-state index contributed by atoms with van der Waals surface area (Å²) in [7, 11) is -3.19. The Balaban J connectivity index is 1.52. The van der Waals surface area contributed by atoms with Crippen molar-refractivity contribution in [1.29, 1.82) is 0 Å². The highest BCUT2D eigenvalue weighted by Crippen LogP contribution is 2.25. The van der Waals surface area contributed by atoms with E-state index in [9.17, 15) is 18.0 Å². The Bertz CT molecular complexity index is 1270. The molecule has 2 heterocycles. The first-order chi connectivity index (χ1) is 15.8. The van der Waals surface area contributed by atoms with Gasteiger partial charge in [-0.25, -0.2) is 13.2 Å². The number of carbonyl (C=O) groups is 2. The predicted octanol–water partition coefficient (Wildman–Crippen LogP) is 3.47. The van der Waals surface area contributed by atoms with Crippen LogP contribution in [0.4, 0.5) is 5.69 Å². The highest BCUT2D eigenvalue weighted by atomic mass is 32.2. The molecule has 1 aromatic heterocycles. The first-order valence-corrected chi connectivity index (χ1v) is 12.6. The van der Waals surface area contributed by atoms with E-state index in [1.165, 1.54) is 4.90 Å². The van der Waals surface area contributed by atoms with Crippen LogP contribution in [0.5, 0.6) is 0 Å². The molecular weight excluding hydrogens is 440 g/mol. The summed E-state index contributed by atoms with van der Waals surface area (Å²) in [6.07, 6.45) is 0.356. The molecule has 7 nitrogen and oxygen atoms in total. The van der Waals surface area contributed by atoms with E-state index in [2.05, 4.69) is 0 Å². The Labute approximate surface area is 193 Å². The third-order valence-corrected chi connectivity index (χ3v) is 7.62. The van der Waals surface area contributed by atoms with Gasteiger partial charge >= 0.3 is 5.97 Å². The van der Waals surface area contributed by atoms with Gasteiger partial charge in [-0.3, -0.25) is 4.79 Å². The molecule has 1 atom stereocenters. The largest absolute Gasteiger partial charge is 0.452 e. The van der Waals surface area contributed by atoms with Gasteiger partial charge in [-0.1, -0.05) is 36.4 Å². The summed E-state index contributed by atoms with van der Waals surface area (Å²) in [6.45, 7) is 3.26. The summed E-state index contributed by atoms with van der Waals surface area (Å²) < 4.78 is 31.4. The highest BCUT2D eigenvalue weighted by molar-refractivity contribution is 7.91. The fraction of sp³-hybridized carbons (Fsp3) is 0.280. The van der Waals surface area contributed by atoms with Crippen LogP contribution in [-0.2, 0) is 19.4 Å². The van der Waals surface area contributed by atoms with Crippen LogP contribution in [-0.4, -0.2) is 49.0 Å². The summed E-state index contributed by atoms with van der Waals surface area (Å²) in [5.74, 6) is -1.10. The van der Waals surface area contributed by atoms with Crippen LogP contribution >= 0.6 is 0 Å². The van der Waals surface area contributed by atoms with Crippen molar-refractivity contribution < 1.29 is 22.7 Å². The van der Waals surface area contributed by atoms with Gasteiger partial charge in [0, 0.05) is 22.8 Å². The number of benzene rings is 2. The molecule has 0 bridgehead atoms. The summed E-state index contributed by atoms with van der Waals surface area (Å²) in [6, 6.07) is 19.8. The second kappa shape index (κ2) is 9.23. The molecule has 1 fully saturated rings. The Morgan fingerprint density at radius 3 is 2.27 bits per heavy atom. The second-order valence-corrected chi connectivity index (χ2v) is 10.4. The van der Waals surface area contributed by atoms with Crippen LogP contribution in [0, 0.1) is 13.8 Å². The Morgan fingerprint density at radius 2 is 1.67 bits per heavy atom. The molecule has 0 N–H and O–H groups in total. The molecule has 8 heteroatoms. The minimum Gasteiger partial charge on any atom is -0.452 e. The smallest absolute Gasteiger partial charge is 0.340 e. The van der Waals surface area contributed by atoms with E-state index in [-0.39, 0.29) is 11.5 Å². The van der Waals surface area contributed by atoms with E-state index in [0.717, 1.165) is 17.1 Å². The Morgan fingerprint density at radius 1 is 1.03 bits per heavy atom. The molecule has 0 aliphatic carbocycles. The van der Waals surface area contributed by atoms with Crippen molar-refractivity contribution in [1.82, 2.24) is 4.57 Å². The molecular formula is C25H26N2O5S. The molecule has 2 aromatic carbocycles. The number of hydrogen-bond donors (Lipinski definition) is 0. The maximum absolute atomic E-state index is 13.1. The summed E-state index contributed by atoms with van der Waals surface area (Å²) in [4.78, 5) is 27.4. The van der Waals surface area contributed by atoms with Gasteiger partial charge in [-0.2, -0.15) is 0 Å². The number of amides is 1. The average Bonchev–Trinajstić information content (AvgIpc) is 3.31. The molecule has 1 aliphatic heterocycles. The van der Waals surface area contributed by atoms with Gasteiger partial charge in [0.05, 0.1) is 23.1 Å². The average molecular weight is 467 g/mol. The number of sulfone groups is 1. The van der Waals surface area contributed by atoms with Gasteiger partial charge < -0.3 is 14.2 Å². The number of nitrogens with zero attached hydrogens (tertiary/aromatic N) is 2. The molecule has 3 aromatic rings. The molecule has 0 saturated carbocycles. The lowest BCUT2D eigenvalue weighted by Gasteiger charge is -2.28. The van der Waals surface area contributed by atoms with Crippen molar-refractivity contribution >= 4 is 27.4 Å². The fourth-order valence-corrected chi connectivity index (χ4v) is 6.04. The van der Waals surface area contributed by atoms with Gasteiger partial charge in [-0.15, -0.1) is 0 Å². The van der Waals surface area contributed by atoms with E-state index in [4.69, 9.17) is 4.74 Å². The maximum Gasteiger partial charge on any atom is 0.340 e. The van der Waals surface area contributed by atoms with E-state index >= 15 is 0 Å². The van der Waals surface area contributed by atoms with Crippen molar-refractivity contribution in [2.45, 2.75) is 26.3 Å². The highest BCUT2D eigenvalue weighted by Gasteiger charge is 2.36. The lowest BCUT2D eigenvalue weighted by atomic mass is 10.2. The molecule has 1 unspecified atom stereocenters. The Kier molecular flexibility index (Phi) is 6.37. The van der Waals surface area contributed by atoms with Crippen molar-refractivity contribution in [3.63, 3.8) is 0 Å². The molecule has 0 radical (unpaired) electrons. The van der Waals surface area contributed by atoms with E-state index < -0.39 is 34.4 Å². The number of rotatable bonds is 6. The lowest BCUT2D eigenvalue weighted by Crippen LogP contribution is -2.43. The number of aryl methyl sites for hydroxylation is 1. The molecule has 1 saturated heterocycles. The van der Waals surface area contributed by atoms with Gasteiger partial charge in [0.25, 0.3) is 5.91 Å². The molecule has 172 valence electrons. The fourth-order valence-electron chi connectivity index (χ4n) is 4.34. The van der Waals surface area contributed by atoms with Crippen molar-refractivity contribution in [2.75, 3.05) is 23.0 Å². The molecule has 1 aliphatic rings. The number of aromatic nitrogens is 1. The number of anilines is 1. The standard InChI is InChI=1S/C25H26N2O5S/c1-18-15-23(19(2)26(18)20-9-5-3-6-10-20)25(29)32-16-24(28)27(21-11-7-4-8-12-21)22-13-14-33(30,31)17-22/h3-12,15,22H,13-14,16-17H2,1-2H3. The summed E-state index contributed by atoms with van der Waals surface area (Å²) in [5, 5.41) is 0. The third kappa shape index (κ3) is 4.85. The number of esters is 1. The zero-order valence-electron chi connectivity index (χ0n) is 18.6. The van der Waals surface area contributed by atoms with E-state index in [1.807, 2.05) is 54.8 Å². The normalized spacial score (nSPS) is 17.0. The van der Waals surface area contributed by atoms with Gasteiger partial charge in [0.1, 0.15) is 0 Å². The van der Waals surface area contributed by atoms with Gasteiger partial charge in [-0.05, 0) is 50.6 Å². The SMILES string of the molecule is Cc1cc(C(=O)OCC(=O)N(c2ccccc2)C2CCS(=O)(=O)C2)c(C)n1-c1ccccc1. The minimum absolute atomic E-state index is 0.0412. The Hall–Kier alpha value is -3.39. The maximum atomic E-state index is 13.1. The van der Waals surface area contributed by atoms with Crippen LogP contribution in [0.15, 0.2) is 66.7 Å². The van der Waals surface area contributed by atoms with Gasteiger partial charge in [0.15, 0.2) is 16.4 Å². The van der Waals surface area contributed by atoms with Crippen LogP contribution < -0.4 is 4.90 Å². The van der Waals surface area contributed by atoms with Crippen molar-refractivity contribution in [3.8, 4) is 5.69 Å². The van der Waals surface area contributed by atoms with Crippen LogP contribution in [0.2, 0.25) is 0 Å². The van der Waals surface area contributed by atoms with E-state index in [1.54, 1.807) is 30.3 Å². The monoisotopic (exact) mass is 466 g/mol. The van der Waals surface area contributed by atoms with Gasteiger partial charge in [0.2, 0.25) is 0 Å². The number of para-hydroxylation sites is 2. The number of hydrogen-bond acceptors (Lipinski definition) is 5. The summed E-state index contributed by atoms with van der Waals surface area (Å²) >= 11 is 0. The zero-order valence-corrected chi connectivity index (χ0v) is 19.4. The molecule has 0 spiro atoms. The quantitative estimate of drug-likeness (QED) is 0.520. The van der Waals surface area contributed by atoms with Crippen molar-refractivity contribution in [2.24, 2.45) is 0 Å². The van der Waals surface area contributed by atoms with E-state index in [0.29, 0.717) is 17.7 Å². The molecule has 33 heavy (non-hydrogen) atoms. The first kappa shape index (κ1) is 22.8. The topological polar surface area (TPSA) is 85.7 Å². The second-order valence-electron chi connectivity index (χ2n) is 8.19. The first-order valence-electron chi connectivity index (χ1n) is 10.8.